The van der Waals surface area contributed by atoms with E-state index in [0.717, 1.165) is 62.6 Å². The first-order chi connectivity index (χ1) is 44.2. The summed E-state index contributed by atoms with van der Waals surface area (Å²) in [7, 11) is -4.21. The van der Waals surface area contributed by atoms with E-state index >= 15 is 0 Å². The van der Waals surface area contributed by atoms with E-state index in [2.05, 4.69) is 41.5 Å². The highest BCUT2D eigenvalue weighted by Gasteiger charge is 2.46. The average molecular weight is 1300 g/mol. The summed E-state index contributed by atoms with van der Waals surface area (Å²) >= 11 is 2.94. The maximum absolute atomic E-state index is 14.7. The quantitative estimate of drug-likeness (QED) is 0.0535. The molecular weight excluding hydrogens is 1220 g/mol. The lowest BCUT2D eigenvalue weighted by molar-refractivity contribution is -0.142. The second kappa shape index (κ2) is 26.9. The number of carbonyl (C=O) groups is 5. The number of urea groups is 1. The minimum atomic E-state index is -4.21. The smallest absolute Gasteiger partial charge is 0.318 e. The van der Waals surface area contributed by atoms with Crippen molar-refractivity contribution in [3.63, 3.8) is 0 Å². The van der Waals surface area contributed by atoms with Gasteiger partial charge in [-0.3, -0.25) is 29.2 Å². The summed E-state index contributed by atoms with van der Waals surface area (Å²) in [6, 6.07) is 21.4. The van der Waals surface area contributed by atoms with Gasteiger partial charge in [0.15, 0.2) is 5.13 Å². The average Bonchev–Trinajstić information content (AvgIpc) is 1.23. The number of piperidine rings is 1. The zero-order chi connectivity index (χ0) is 64.6. The number of amides is 6. The maximum atomic E-state index is 14.7. The molecule has 4 aromatic heterocycles. The molecule has 5 N–H and O–H groups in total. The molecule has 5 aliphatic rings. The predicted molar refractivity (Wildman–Crippen MR) is 356 cm³/mol. The fraction of sp³-hybridized carbons (Fsp3) is 0.456. The van der Waals surface area contributed by atoms with Gasteiger partial charge in [0.1, 0.15) is 29.6 Å². The van der Waals surface area contributed by atoms with Crippen LogP contribution in [0.4, 0.5) is 15.7 Å². The second-order valence-electron chi connectivity index (χ2n) is 26.3. The molecule has 482 valence electrons. The van der Waals surface area contributed by atoms with Crippen molar-refractivity contribution in [2.75, 3.05) is 56.0 Å². The summed E-state index contributed by atoms with van der Waals surface area (Å²) in [6.07, 6.45) is 13.7. The van der Waals surface area contributed by atoms with Crippen molar-refractivity contribution >= 4 is 83.5 Å². The molecule has 4 atom stereocenters. The van der Waals surface area contributed by atoms with Crippen LogP contribution in [0.15, 0.2) is 90.6 Å². The first-order valence-electron chi connectivity index (χ1n) is 31.8. The Bertz CT molecular complexity index is 4040. The van der Waals surface area contributed by atoms with Gasteiger partial charge >= 0.3 is 6.03 Å². The summed E-state index contributed by atoms with van der Waals surface area (Å²) in [5.41, 5.74) is 8.74. The van der Waals surface area contributed by atoms with E-state index in [9.17, 15) is 37.5 Å². The van der Waals surface area contributed by atoms with Crippen molar-refractivity contribution in [3.05, 3.63) is 130 Å². The molecule has 21 nitrogen and oxygen atoms in total. The Labute approximate surface area is 544 Å². The Kier molecular flexibility index (Phi) is 18.7. The van der Waals surface area contributed by atoms with Gasteiger partial charge in [-0.05, 0) is 123 Å². The number of sulfonamides is 1. The minimum Gasteiger partial charge on any atom is -0.391 e. The van der Waals surface area contributed by atoms with Gasteiger partial charge in [0.05, 0.1) is 43.8 Å². The van der Waals surface area contributed by atoms with Crippen LogP contribution in [0, 0.1) is 43.4 Å². The van der Waals surface area contributed by atoms with Gasteiger partial charge in [-0.2, -0.15) is 5.10 Å². The number of aliphatic hydroxyl groups excluding tert-OH is 1. The number of fused-ring (bicyclic) bond motifs is 2. The molecule has 0 bridgehead atoms. The molecule has 4 fully saturated rings. The lowest BCUT2D eigenvalue weighted by Crippen LogP contribution is -2.63. The molecule has 0 spiro atoms. The van der Waals surface area contributed by atoms with Crippen LogP contribution >= 0.6 is 22.7 Å². The molecule has 7 aromatic rings. The van der Waals surface area contributed by atoms with Crippen LogP contribution < -0.4 is 25.6 Å². The number of likely N-dealkylation sites (tertiary alicyclic amines) is 3. The number of hydrogen-bond donors (Lipinski definition) is 5. The molecule has 1 saturated carbocycles. The molecular formula is C68H79N13O8S3. The summed E-state index contributed by atoms with van der Waals surface area (Å²) in [5, 5.41) is 24.2. The standard InChI is InChI=1S/C68H79N13O8S3/c1-7-54(46-20-22-47(23-21-46)60-41(2)69-40-90-60)71-63(84)56-32-48(82)38-80(56)65(86)61(68(4,5)6)74-67(87)79-35-44(36-79)34-77-29-27-49(28-30-77)92(88,89)76-64(85)59-50(52-33-70-81(42(52)3)37-43-14-9-8-10-15-43)24-25-58(73-59)78-31-26-45-16-13-17-51(53(45)39-78)62(83)75-66-72-55-18-11-12-19-57(55)91-66/h1,11-13,16-25,33,40,43-44,48-49,54,56,61,82H,8-10,14-15,26-32,34-39H2,2-6H3,(H,71,84)(H,74,87)(H,76,85)(H,72,75,83)/t48-,54+,56+,61?/m1/s1. The summed E-state index contributed by atoms with van der Waals surface area (Å²) in [6.45, 7) is 13.3. The summed E-state index contributed by atoms with van der Waals surface area (Å²) in [5.74, 6) is 1.59. The van der Waals surface area contributed by atoms with Gasteiger partial charge in [-0.15, -0.1) is 17.8 Å². The number of terminal acetylenes is 1. The molecule has 8 heterocycles. The summed E-state index contributed by atoms with van der Waals surface area (Å²) in [4.78, 5) is 93.2. The molecule has 1 aliphatic carbocycles. The van der Waals surface area contributed by atoms with Crippen LogP contribution in [-0.4, -0.2) is 152 Å². The number of nitrogens with one attached hydrogen (secondary N) is 4. The highest BCUT2D eigenvalue weighted by Crippen LogP contribution is 2.36. The summed E-state index contributed by atoms with van der Waals surface area (Å²) < 4.78 is 34.2. The molecule has 1 unspecified atom stereocenters. The number of anilines is 2. The van der Waals surface area contributed by atoms with E-state index in [-0.39, 0.29) is 43.3 Å². The minimum absolute atomic E-state index is 0.00524. The Balaban J connectivity index is 0.667. The van der Waals surface area contributed by atoms with Crippen LogP contribution in [0.2, 0.25) is 0 Å². The van der Waals surface area contributed by atoms with Crippen molar-refractivity contribution in [3.8, 4) is 33.9 Å². The number of pyridine rings is 1. The largest absolute Gasteiger partial charge is 0.391 e. The van der Waals surface area contributed by atoms with E-state index < -0.39 is 68.7 Å². The van der Waals surface area contributed by atoms with E-state index in [0.29, 0.717) is 91.4 Å². The van der Waals surface area contributed by atoms with Gasteiger partial charge in [0.2, 0.25) is 21.8 Å². The molecule has 6 amide bonds. The monoisotopic (exact) mass is 1300 g/mol. The fourth-order valence-corrected chi connectivity index (χ4v) is 16.7. The number of thiazole rings is 2. The van der Waals surface area contributed by atoms with Crippen molar-refractivity contribution in [2.45, 2.75) is 135 Å². The normalized spacial score (nSPS) is 19.2. The van der Waals surface area contributed by atoms with Crippen LogP contribution in [-0.2, 0) is 39.1 Å². The zero-order valence-electron chi connectivity index (χ0n) is 52.6. The number of para-hydroxylation sites is 1. The number of β-amino-alcohol motifs (C(OH)–C–C–N with tert-alkyl or cyclic N) is 1. The first kappa shape index (κ1) is 64.0. The van der Waals surface area contributed by atoms with E-state index in [1.165, 1.54) is 46.8 Å². The van der Waals surface area contributed by atoms with Crippen molar-refractivity contribution in [1.29, 1.82) is 0 Å². The molecule has 0 radical (unpaired) electrons. The molecule has 92 heavy (non-hydrogen) atoms. The molecule has 4 aliphatic heterocycles. The highest BCUT2D eigenvalue weighted by atomic mass is 32.2. The number of aromatic nitrogens is 5. The fourth-order valence-electron chi connectivity index (χ4n) is 13.7. The number of hydrogen-bond acceptors (Lipinski definition) is 16. The first-order valence-corrected chi connectivity index (χ1v) is 35.1. The van der Waals surface area contributed by atoms with Crippen molar-refractivity contribution in [2.24, 2.45) is 17.3 Å². The predicted octanol–water partition coefficient (Wildman–Crippen LogP) is 8.72. The number of carbonyl (C=O) groups excluding carboxylic acids is 5. The van der Waals surface area contributed by atoms with Crippen LogP contribution in [0.1, 0.15) is 127 Å². The Morgan fingerprint density at radius 1 is 0.826 bits per heavy atom. The van der Waals surface area contributed by atoms with Crippen LogP contribution in [0.5, 0.6) is 0 Å². The van der Waals surface area contributed by atoms with Crippen LogP contribution in [0.3, 0.4) is 0 Å². The SMILES string of the molecule is C#C[C@H](NC(=O)[C@@H]1C[C@@H](O)CN1C(=O)C(NC(=O)N1CC(CN2CCC(S(=O)(=O)NC(=O)c3nc(N4CCc5cccc(C(=O)Nc6nc7ccccc7s6)c5C4)ccc3-c3cnn(CC4CCCCC4)c3C)CC2)C1)C(C)(C)C)c1ccc(-c2scnc2C)cc1. The zero-order valence-corrected chi connectivity index (χ0v) is 55.0. The molecule has 12 rings (SSSR count). The maximum Gasteiger partial charge on any atom is 0.318 e. The van der Waals surface area contributed by atoms with Gasteiger partial charge in [0, 0.05) is 80.5 Å². The lowest BCUT2D eigenvalue weighted by atomic mass is 9.85. The lowest BCUT2D eigenvalue weighted by Gasteiger charge is -2.44. The number of aryl methyl sites for hydroxylation is 1. The van der Waals surface area contributed by atoms with Gasteiger partial charge in [0.25, 0.3) is 11.8 Å². The van der Waals surface area contributed by atoms with E-state index in [1.807, 2.05) is 117 Å². The Morgan fingerprint density at radius 3 is 2.30 bits per heavy atom. The van der Waals surface area contributed by atoms with Crippen molar-refractivity contribution in [1.82, 2.24) is 54.8 Å². The molecule has 24 heteroatoms. The highest BCUT2D eigenvalue weighted by molar-refractivity contribution is 7.90. The van der Waals surface area contributed by atoms with Gasteiger partial charge < -0.3 is 35.3 Å². The van der Waals surface area contributed by atoms with Crippen LogP contribution in [0.25, 0.3) is 31.8 Å². The number of rotatable bonds is 17. The van der Waals surface area contributed by atoms with Gasteiger partial charge in [-0.1, -0.05) is 106 Å². The van der Waals surface area contributed by atoms with Gasteiger partial charge in [-0.25, -0.2) is 32.9 Å². The number of aliphatic hydroxyl groups is 1. The Hall–Kier alpha value is -8.08. The Morgan fingerprint density at radius 2 is 1.59 bits per heavy atom. The third-order valence-electron chi connectivity index (χ3n) is 18.9. The van der Waals surface area contributed by atoms with Crippen molar-refractivity contribution < 1.29 is 37.5 Å². The number of benzene rings is 3. The topological polar surface area (TPSA) is 257 Å². The third kappa shape index (κ3) is 13.8. The number of nitrogens with zero attached hydrogens (tertiary/aromatic N) is 9. The molecule has 3 saturated heterocycles. The third-order valence-corrected chi connectivity index (χ3v) is 22.7. The van der Waals surface area contributed by atoms with E-state index in [1.54, 1.807) is 22.7 Å². The second-order valence-corrected chi connectivity index (χ2v) is 30.2. The van der Waals surface area contributed by atoms with E-state index in [4.69, 9.17) is 16.5 Å². The molecule has 3 aromatic carbocycles.